The lowest BCUT2D eigenvalue weighted by atomic mass is 9.99. The first-order chi connectivity index (χ1) is 10.1. The summed E-state index contributed by atoms with van der Waals surface area (Å²) < 4.78 is 11.4. The lowest BCUT2D eigenvalue weighted by molar-refractivity contribution is 0.416. The van der Waals surface area contributed by atoms with Crippen LogP contribution in [-0.2, 0) is 0 Å². The number of nitrogen functional groups attached to an aromatic ring is 1. The quantitative estimate of drug-likeness (QED) is 0.750. The summed E-state index contributed by atoms with van der Waals surface area (Å²) in [6.45, 7) is 2.02. The van der Waals surface area contributed by atoms with Gasteiger partial charge in [0, 0.05) is 5.56 Å². The summed E-state index contributed by atoms with van der Waals surface area (Å²) in [4.78, 5) is 0. The van der Waals surface area contributed by atoms with Crippen LogP contribution in [-0.4, -0.2) is 17.3 Å². The highest BCUT2D eigenvalue weighted by molar-refractivity contribution is 9.10. The van der Waals surface area contributed by atoms with Gasteiger partial charge in [0.15, 0.2) is 10.5 Å². The highest BCUT2D eigenvalue weighted by atomic mass is 79.9. The molecule has 0 aliphatic heterocycles. The Kier molecular flexibility index (Phi) is 3.47. The minimum absolute atomic E-state index is 0.419. The molecule has 21 heavy (non-hydrogen) atoms. The van der Waals surface area contributed by atoms with Crippen LogP contribution in [0.3, 0.4) is 0 Å². The largest absolute Gasteiger partial charge is 0.496 e. The molecule has 0 radical (unpaired) electrons. The first-order valence-electron chi connectivity index (χ1n) is 6.34. The number of anilines is 1. The van der Waals surface area contributed by atoms with Gasteiger partial charge in [-0.25, -0.2) is 0 Å². The first kappa shape index (κ1) is 13.8. The standard InChI is InChI=1S/C15H14BrN3O2/c1-8-3-4-11(20-2)10(7-8)12-13(18-19-15(12)17)9-5-6-21-14(9)16/h3-7H,1-2H3,(H3,17,18,19). The lowest BCUT2D eigenvalue weighted by Gasteiger charge is -2.10. The van der Waals surface area contributed by atoms with Crippen molar-refractivity contribution in [2.75, 3.05) is 12.8 Å². The molecule has 0 aliphatic carbocycles. The predicted octanol–water partition coefficient (Wildman–Crippen LogP) is 4.00. The van der Waals surface area contributed by atoms with Crippen LogP contribution in [0.5, 0.6) is 5.75 Å². The van der Waals surface area contributed by atoms with Gasteiger partial charge >= 0.3 is 0 Å². The number of aromatic nitrogens is 2. The third-order valence-electron chi connectivity index (χ3n) is 3.31. The normalized spacial score (nSPS) is 10.8. The van der Waals surface area contributed by atoms with Crippen molar-refractivity contribution in [3.05, 3.63) is 40.8 Å². The van der Waals surface area contributed by atoms with Crippen LogP contribution in [0.25, 0.3) is 22.4 Å². The molecule has 0 fully saturated rings. The number of furan rings is 1. The van der Waals surface area contributed by atoms with Gasteiger partial charge < -0.3 is 14.9 Å². The zero-order chi connectivity index (χ0) is 15.0. The average molecular weight is 348 g/mol. The Balaban J connectivity index is 2.27. The second-order valence-electron chi connectivity index (χ2n) is 4.67. The SMILES string of the molecule is COc1ccc(C)cc1-c1c(N)n[nH]c1-c1ccoc1Br. The number of ether oxygens (including phenoxy) is 1. The van der Waals surface area contributed by atoms with Crippen LogP contribution < -0.4 is 10.5 Å². The van der Waals surface area contributed by atoms with Crippen molar-refractivity contribution in [1.29, 1.82) is 0 Å². The number of rotatable bonds is 3. The number of nitrogens with one attached hydrogen (secondary N) is 1. The van der Waals surface area contributed by atoms with Crippen LogP contribution in [0.15, 0.2) is 39.6 Å². The van der Waals surface area contributed by atoms with Crippen molar-refractivity contribution in [2.24, 2.45) is 0 Å². The number of aryl methyl sites for hydroxylation is 1. The number of nitrogens with zero attached hydrogens (tertiary/aromatic N) is 1. The molecule has 2 heterocycles. The number of hydrogen-bond acceptors (Lipinski definition) is 4. The van der Waals surface area contributed by atoms with E-state index >= 15 is 0 Å². The average Bonchev–Trinajstić information content (AvgIpc) is 3.04. The van der Waals surface area contributed by atoms with Gasteiger partial charge in [-0.05, 0) is 41.1 Å². The van der Waals surface area contributed by atoms with E-state index in [1.54, 1.807) is 13.4 Å². The molecular formula is C15H14BrN3O2. The van der Waals surface area contributed by atoms with Crippen LogP contribution in [0.4, 0.5) is 5.82 Å². The highest BCUT2D eigenvalue weighted by Gasteiger charge is 2.20. The molecule has 0 saturated carbocycles. The van der Waals surface area contributed by atoms with Crippen LogP contribution in [0.1, 0.15) is 5.56 Å². The molecular weight excluding hydrogens is 334 g/mol. The summed E-state index contributed by atoms with van der Waals surface area (Å²) in [6.07, 6.45) is 1.60. The Labute approximate surface area is 130 Å². The van der Waals surface area contributed by atoms with E-state index in [0.29, 0.717) is 10.5 Å². The first-order valence-corrected chi connectivity index (χ1v) is 7.13. The summed E-state index contributed by atoms with van der Waals surface area (Å²) in [5.41, 5.74) is 10.5. The second-order valence-corrected chi connectivity index (χ2v) is 5.39. The van der Waals surface area contributed by atoms with Crippen LogP contribution >= 0.6 is 15.9 Å². The molecule has 3 N–H and O–H groups in total. The number of nitrogens with two attached hydrogens (primary N) is 1. The van der Waals surface area contributed by atoms with E-state index < -0.39 is 0 Å². The Morgan fingerprint density at radius 3 is 2.76 bits per heavy atom. The van der Waals surface area contributed by atoms with Gasteiger partial charge in [0.05, 0.1) is 30.2 Å². The fourth-order valence-corrected chi connectivity index (χ4v) is 2.75. The molecule has 3 aromatic rings. The molecule has 0 bridgehead atoms. The molecule has 2 aromatic heterocycles. The Morgan fingerprint density at radius 2 is 2.10 bits per heavy atom. The summed E-state index contributed by atoms with van der Waals surface area (Å²) >= 11 is 3.38. The number of hydrogen-bond donors (Lipinski definition) is 2. The molecule has 0 aliphatic rings. The maximum Gasteiger partial charge on any atom is 0.178 e. The van der Waals surface area contributed by atoms with Gasteiger partial charge in [0.25, 0.3) is 0 Å². The molecule has 0 atom stereocenters. The zero-order valence-electron chi connectivity index (χ0n) is 11.6. The highest BCUT2D eigenvalue weighted by Crippen LogP contribution is 2.42. The number of halogens is 1. The van der Waals surface area contributed by atoms with Gasteiger partial charge in [0.1, 0.15) is 5.75 Å². The van der Waals surface area contributed by atoms with Crippen molar-refractivity contribution in [3.63, 3.8) is 0 Å². The molecule has 0 saturated heterocycles. The summed E-state index contributed by atoms with van der Waals surface area (Å²) in [5.74, 6) is 1.16. The van der Waals surface area contributed by atoms with E-state index in [0.717, 1.165) is 33.7 Å². The number of aromatic amines is 1. The van der Waals surface area contributed by atoms with Crippen molar-refractivity contribution < 1.29 is 9.15 Å². The number of benzene rings is 1. The van der Waals surface area contributed by atoms with E-state index in [1.165, 1.54) is 0 Å². The van der Waals surface area contributed by atoms with Gasteiger partial charge in [0.2, 0.25) is 0 Å². The summed E-state index contributed by atoms with van der Waals surface area (Å²) in [7, 11) is 1.64. The smallest absolute Gasteiger partial charge is 0.178 e. The van der Waals surface area contributed by atoms with Crippen molar-refractivity contribution in [3.8, 4) is 28.1 Å². The Morgan fingerprint density at radius 1 is 1.29 bits per heavy atom. The maximum atomic E-state index is 6.06. The third-order valence-corrected chi connectivity index (χ3v) is 3.92. The third kappa shape index (κ3) is 2.31. The van der Waals surface area contributed by atoms with Crippen molar-refractivity contribution in [1.82, 2.24) is 10.2 Å². The van der Waals surface area contributed by atoms with E-state index in [-0.39, 0.29) is 0 Å². The molecule has 3 rings (SSSR count). The number of methoxy groups -OCH3 is 1. The molecule has 0 spiro atoms. The number of H-pyrrole nitrogens is 1. The maximum absolute atomic E-state index is 6.06. The fraction of sp³-hybridized carbons (Fsp3) is 0.133. The Hall–Kier alpha value is -2.21. The zero-order valence-corrected chi connectivity index (χ0v) is 13.2. The minimum Gasteiger partial charge on any atom is -0.496 e. The van der Waals surface area contributed by atoms with Gasteiger partial charge in [-0.15, -0.1) is 0 Å². The molecule has 5 nitrogen and oxygen atoms in total. The van der Waals surface area contributed by atoms with E-state index in [9.17, 15) is 0 Å². The van der Waals surface area contributed by atoms with Gasteiger partial charge in [-0.2, -0.15) is 5.10 Å². The molecule has 108 valence electrons. The van der Waals surface area contributed by atoms with E-state index in [2.05, 4.69) is 26.1 Å². The second kappa shape index (κ2) is 5.29. The van der Waals surface area contributed by atoms with Crippen molar-refractivity contribution >= 4 is 21.7 Å². The minimum atomic E-state index is 0.419. The van der Waals surface area contributed by atoms with Crippen LogP contribution in [0, 0.1) is 6.92 Å². The summed E-state index contributed by atoms with van der Waals surface area (Å²) in [6, 6.07) is 7.79. The molecule has 1 aromatic carbocycles. The van der Waals surface area contributed by atoms with E-state index in [1.807, 2.05) is 31.2 Å². The summed E-state index contributed by atoms with van der Waals surface area (Å²) in [5, 5.41) is 7.10. The van der Waals surface area contributed by atoms with E-state index in [4.69, 9.17) is 14.9 Å². The molecule has 0 unspecified atom stereocenters. The van der Waals surface area contributed by atoms with Gasteiger partial charge in [-0.1, -0.05) is 11.6 Å². The predicted molar refractivity (Wildman–Crippen MR) is 85.1 cm³/mol. The topological polar surface area (TPSA) is 77.1 Å². The van der Waals surface area contributed by atoms with Gasteiger partial charge in [-0.3, -0.25) is 5.10 Å². The lowest BCUT2D eigenvalue weighted by Crippen LogP contribution is -1.93. The van der Waals surface area contributed by atoms with Crippen molar-refractivity contribution in [2.45, 2.75) is 6.92 Å². The monoisotopic (exact) mass is 347 g/mol. The Bertz CT molecular complexity index is 792. The molecule has 6 heteroatoms. The molecule has 0 amide bonds. The fourth-order valence-electron chi connectivity index (χ4n) is 2.31. The van der Waals surface area contributed by atoms with Crippen LogP contribution in [0.2, 0.25) is 0 Å².